The van der Waals surface area contributed by atoms with Gasteiger partial charge in [-0.15, -0.1) is 0 Å². The minimum atomic E-state index is -0.388. The lowest BCUT2D eigenvalue weighted by molar-refractivity contribution is 0.234. The number of carbonyl (C=O) groups excluding carboxylic acids is 1. The monoisotopic (exact) mass is 488 g/mol. The van der Waals surface area contributed by atoms with Gasteiger partial charge in [0.25, 0.3) is 0 Å². The fourth-order valence-corrected chi connectivity index (χ4v) is 5.29. The van der Waals surface area contributed by atoms with Crippen LogP contribution in [0, 0.1) is 0 Å². The number of fused-ring (bicyclic) bond motifs is 1. The first-order valence-electron chi connectivity index (χ1n) is 10.7. The van der Waals surface area contributed by atoms with Gasteiger partial charge in [0.05, 0.1) is 20.5 Å². The molecule has 0 fully saturated rings. The summed E-state index contributed by atoms with van der Waals surface area (Å²) in [6.07, 6.45) is 2.00. The Morgan fingerprint density at radius 3 is 2.69 bits per heavy atom. The van der Waals surface area contributed by atoms with E-state index in [4.69, 9.17) is 28.2 Å². The highest BCUT2D eigenvalue weighted by molar-refractivity contribution is 8.15. The van der Waals surface area contributed by atoms with Crippen LogP contribution in [-0.4, -0.2) is 46.7 Å². The maximum absolute atomic E-state index is 12.1. The maximum Gasteiger partial charge on any atom is 0.302 e. The SMILES string of the molecule is CCN=C(c1ccc(Cl)c(Cl)c1)N1CCCc2cc(C3=NN(C)C(=O)SC3(C)C)ccc21. The van der Waals surface area contributed by atoms with Gasteiger partial charge in [-0.25, -0.2) is 5.01 Å². The summed E-state index contributed by atoms with van der Waals surface area (Å²) in [4.78, 5) is 19.2. The third-order valence-electron chi connectivity index (χ3n) is 5.64. The van der Waals surface area contributed by atoms with E-state index in [1.807, 2.05) is 39.0 Å². The van der Waals surface area contributed by atoms with Gasteiger partial charge in [-0.05, 0) is 75.1 Å². The molecule has 32 heavy (non-hydrogen) atoms. The summed E-state index contributed by atoms with van der Waals surface area (Å²) in [7, 11) is 1.70. The average molecular weight is 489 g/mol. The topological polar surface area (TPSA) is 48.3 Å². The minimum Gasteiger partial charge on any atom is -0.326 e. The number of amides is 1. The minimum absolute atomic E-state index is 0.0371. The molecule has 168 valence electrons. The summed E-state index contributed by atoms with van der Waals surface area (Å²) in [5, 5.41) is 7.04. The van der Waals surface area contributed by atoms with Crippen molar-refractivity contribution < 1.29 is 4.79 Å². The van der Waals surface area contributed by atoms with E-state index in [0.717, 1.165) is 47.7 Å². The van der Waals surface area contributed by atoms with E-state index in [1.54, 1.807) is 7.05 Å². The second-order valence-electron chi connectivity index (χ2n) is 8.38. The van der Waals surface area contributed by atoms with Crippen molar-refractivity contribution in [1.29, 1.82) is 0 Å². The summed E-state index contributed by atoms with van der Waals surface area (Å²) in [6.45, 7) is 7.67. The van der Waals surface area contributed by atoms with Crippen molar-refractivity contribution in [1.82, 2.24) is 5.01 Å². The average Bonchev–Trinajstić information content (AvgIpc) is 2.75. The van der Waals surface area contributed by atoms with Crippen LogP contribution < -0.4 is 4.90 Å². The molecule has 0 bridgehead atoms. The number of hydrogen-bond donors (Lipinski definition) is 0. The number of carbonyl (C=O) groups is 1. The Morgan fingerprint density at radius 2 is 1.97 bits per heavy atom. The second kappa shape index (κ2) is 9.08. The molecule has 0 radical (unpaired) electrons. The van der Waals surface area contributed by atoms with Crippen molar-refractivity contribution in [2.75, 3.05) is 25.0 Å². The highest BCUT2D eigenvalue weighted by atomic mass is 35.5. The lowest BCUT2D eigenvalue weighted by atomic mass is 9.93. The molecule has 0 saturated heterocycles. The predicted molar refractivity (Wildman–Crippen MR) is 137 cm³/mol. The van der Waals surface area contributed by atoms with E-state index >= 15 is 0 Å². The van der Waals surface area contributed by atoms with E-state index < -0.39 is 0 Å². The highest BCUT2D eigenvalue weighted by Gasteiger charge is 2.37. The maximum atomic E-state index is 12.1. The molecule has 0 saturated carbocycles. The number of hydrogen-bond acceptors (Lipinski definition) is 4. The van der Waals surface area contributed by atoms with Crippen molar-refractivity contribution in [3.05, 3.63) is 63.1 Å². The normalized spacial score (nSPS) is 18.5. The predicted octanol–water partition coefficient (Wildman–Crippen LogP) is 6.49. The first-order chi connectivity index (χ1) is 15.2. The zero-order valence-electron chi connectivity index (χ0n) is 18.7. The number of rotatable bonds is 3. The van der Waals surface area contributed by atoms with Gasteiger partial charge in [-0.3, -0.25) is 9.79 Å². The summed E-state index contributed by atoms with van der Waals surface area (Å²) >= 11 is 13.8. The molecule has 2 aliphatic rings. The third kappa shape index (κ3) is 4.41. The molecule has 0 aromatic heterocycles. The lowest BCUT2D eigenvalue weighted by Crippen LogP contribution is -2.40. The molecule has 0 N–H and O–H groups in total. The van der Waals surface area contributed by atoms with Gasteiger partial charge in [-0.2, -0.15) is 5.10 Å². The molecule has 2 aromatic carbocycles. The molecule has 0 spiro atoms. The standard InChI is InChI=1S/C24H26Cl2N4OS/c1-5-27-22(17-8-10-18(25)19(26)14-17)30-12-6-7-15-13-16(9-11-20(15)30)21-24(2,3)32-23(31)29(4)28-21/h8-11,13-14H,5-7,12H2,1-4H3. The number of halogens is 2. The molecule has 1 amide bonds. The number of anilines is 1. The van der Waals surface area contributed by atoms with E-state index in [2.05, 4.69) is 28.2 Å². The van der Waals surface area contributed by atoms with Crippen molar-refractivity contribution in [2.24, 2.45) is 10.1 Å². The molecule has 2 heterocycles. The Bertz CT molecular complexity index is 1130. The Balaban J connectivity index is 1.75. The molecule has 0 atom stereocenters. The van der Waals surface area contributed by atoms with E-state index in [-0.39, 0.29) is 9.99 Å². The summed E-state index contributed by atoms with van der Waals surface area (Å²) in [5.74, 6) is 0.899. The van der Waals surface area contributed by atoms with Gasteiger partial charge in [0.1, 0.15) is 5.84 Å². The van der Waals surface area contributed by atoms with Crippen LogP contribution in [0.3, 0.4) is 0 Å². The fraction of sp³-hybridized carbons (Fsp3) is 0.375. The van der Waals surface area contributed by atoms with Crippen LogP contribution in [-0.2, 0) is 6.42 Å². The molecular weight excluding hydrogens is 463 g/mol. The Morgan fingerprint density at radius 1 is 1.19 bits per heavy atom. The quantitative estimate of drug-likeness (QED) is 0.366. The molecule has 4 rings (SSSR count). The summed E-state index contributed by atoms with van der Waals surface area (Å²) < 4.78 is -0.388. The van der Waals surface area contributed by atoms with Gasteiger partial charge in [0.2, 0.25) is 0 Å². The highest BCUT2D eigenvalue weighted by Crippen LogP contribution is 2.37. The molecule has 2 aromatic rings. The molecular formula is C24H26Cl2N4OS. The second-order valence-corrected chi connectivity index (χ2v) is 10.8. The Kier molecular flexibility index (Phi) is 6.57. The number of benzene rings is 2. The first-order valence-corrected chi connectivity index (χ1v) is 12.2. The van der Waals surface area contributed by atoms with E-state index in [9.17, 15) is 4.79 Å². The van der Waals surface area contributed by atoms with Gasteiger partial charge >= 0.3 is 5.24 Å². The zero-order chi connectivity index (χ0) is 23.0. The van der Waals surface area contributed by atoms with Gasteiger partial charge < -0.3 is 4.90 Å². The molecule has 8 heteroatoms. The van der Waals surface area contributed by atoms with Crippen molar-refractivity contribution in [3.63, 3.8) is 0 Å². The van der Waals surface area contributed by atoms with Crippen molar-refractivity contribution in [3.8, 4) is 0 Å². The number of aryl methyl sites for hydroxylation is 1. The van der Waals surface area contributed by atoms with Crippen LogP contribution >= 0.6 is 35.0 Å². The van der Waals surface area contributed by atoms with Crippen LogP contribution in [0.2, 0.25) is 10.0 Å². The smallest absolute Gasteiger partial charge is 0.302 e. The van der Waals surface area contributed by atoms with Crippen LogP contribution in [0.5, 0.6) is 0 Å². The first kappa shape index (κ1) is 23.1. The van der Waals surface area contributed by atoms with E-state index in [0.29, 0.717) is 16.6 Å². The van der Waals surface area contributed by atoms with E-state index in [1.165, 1.54) is 22.3 Å². The van der Waals surface area contributed by atoms with Crippen LogP contribution in [0.1, 0.15) is 43.9 Å². The Labute approximate surface area is 203 Å². The lowest BCUT2D eigenvalue weighted by Gasteiger charge is -2.35. The Hall–Kier alpha value is -2.02. The number of thioether (sulfide) groups is 1. The van der Waals surface area contributed by atoms with Gasteiger partial charge in [0, 0.05) is 31.4 Å². The molecule has 0 unspecified atom stereocenters. The molecule has 5 nitrogen and oxygen atoms in total. The number of amidine groups is 1. The summed E-state index contributed by atoms with van der Waals surface area (Å²) in [5.41, 5.74) is 5.31. The van der Waals surface area contributed by atoms with Crippen LogP contribution in [0.25, 0.3) is 0 Å². The third-order valence-corrected chi connectivity index (χ3v) is 7.52. The zero-order valence-corrected chi connectivity index (χ0v) is 21.0. The van der Waals surface area contributed by atoms with Crippen LogP contribution in [0.4, 0.5) is 10.5 Å². The van der Waals surface area contributed by atoms with Gasteiger partial charge in [0.15, 0.2) is 0 Å². The summed E-state index contributed by atoms with van der Waals surface area (Å²) in [6, 6.07) is 12.1. The number of aliphatic imine (C=N–C) groups is 1. The molecule has 0 aliphatic carbocycles. The van der Waals surface area contributed by atoms with Crippen molar-refractivity contribution >= 4 is 57.4 Å². The van der Waals surface area contributed by atoms with Crippen LogP contribution in [0.15, 0.2) is 46.5 Å². The fourth-order valence-electron chi connectivity index (χ4n) is 4.13. The molecule has 2 aliphatic heterocycles. The largest absolute Gasteiger partial charge is 0.326 e. The number of hydrazone groups is 1. The van der Waals surface area contributed by atoms with Gasteiger partial charge in [-0.1, -0.05) is 41.0 Å². The number of nitrogens with zero attached hydrogens (tertiary/aromatic N) is 4. The van der Waals surface area contributed by atoms with Crippen molar-refractivity contribution in [2.45, 2.75) is 38.4 Å².